The van der Waals surface area contributed by atoms with Crippen LogP contribution in [-0.2, 0) is 9.53 Å². The molecule has 0 aliphatic carbocycles. The minimum atomic E-state index is -0.565. The summed E-state index contributed by atoms with van der Waals surface area (Å²) in [7, 11) is 1.84. The summed E-state index contributed by atoms with van der Waals surface area (Å²) in [4.78, 5) is 14.2. The summed E-state index contributed by atoms with van der Waals surface area (Å²) < 4.78 is 5.30. The van der Waals surface area contributed by atoms with E-state index in [0.717, 1.165) is 13.0 Å². The lowest BCUT2D eigenvalue weighted by atomic mass is 9.74. The van der Waals surface area contributed by atoms with Gasteiger partial charge < -0.3 is 15.4 Å². The molecule has 0 aromatic heterocycles. The van der Waals surface area contributed by atoms with E-state index in [1.165, 1.54) is 0 Å². The van der Waals surface area contributed by atoms with E-state index in [-0.39, 0.29) is 11.9 Å². The van der Waals surface area contributed by atoms with E-state index in [4.69, 9.17) is 10.5 Å². The van der Waals surface area contributed by atoms with Gasteiger partial charge in [-0.2, -0.15) is 0 Å². The summed E-state index contributed by atoms with van der Waals surface area (Å²) in [6, 6.07) is 0.203. The molecule has 1 amide bonds. The van der Waals surface area contributed by atoms with E-state index < -0.39 is 11.0 Å². The smallest absolute Gasteiger partial charge is 0.230 e. The number of carbonyl (C=O) groups excluding carboxylic acids is 1. The number of hydrogen-bond donors (Lipinski definition) is 1. The Hall–Kier alpha value is -0.610. The van der Waals surface area contributed by atoms with Crippen LogP contribution in [0, 0.1) is 5.41 Å². The highest BCUT2D eigenvalue weighted by Crippen LogP contribution is 2.31. The molecule has 2 N–H and O–H groups in total. The summed E-state index contributed by atoms with van der Waals surface area (Å²) >= 11 is 0. The lowest BCUT2D eigenvalue weighted by molar-refractivity contribution is -0.144. The molecule has 94 valence electrons. The molecule has 0 aromatic carbocycles. The third-order valence-electron chi connectivity index (χ3n) is 3.92. The molecule has 1 atom stereocenters. The summed E-state index contributed by atoms with van der Waals surface area (Å²) in [6.07, 6.45) is 0.920. The normalized spacial score (nSPS) is 22.2. The fourth-order valence-electron chi connectivity index (χ4n) is 1.71. The van der Waals surface area contributed by atoms with Crippen LogP contribution in [0.15, 0.2) is 0 Å². The minimum Gasteiger partial charge on any atom is -0.379 e. The topological polar surface area (TPSA) is 55.6 Å². The van der Waals surface area contributed by atoms with Crippen molar-refractivity contribution < 1.29 is 9.53 Å². The van der Waals surface area contributed by atoms with Gasteiger partial charge in [-0.05, 0) is 34.1 Å². The van der Waals surface area contributed by atoms with Crippen molar-refractivity contribution in [2.75, 3.05) is 20.3 Å². The van der Waals surface area contributed by atoms with Gasteiger partial charge in [0.1, 0.15) is 0 Å². The fraction of sp³-hybridized carbons (Fsp3) is 0.917. The van der Waals surface area contributed by atoms with Gasteiger partial charge in [0.15, 0.2) is 0 Å². The van der Waals surface area contributed by atoms with Crippen molar-refractivity contribution in [1.82, 2.24) is 4.90 Å². The Balaban J connectivity index is 2.76. The summed E-state index contributed by atoms with van der Waals surface area (Å²) in [5.41, 5.74) is 4.98. The molecule has 0 bridgehead atoms. The zero-order valence-electron chi connectivity index (χ0n) is 11.0. The van der Waals surface area contributed by atoms with Crippen LogP contribution in [0.3, 0.4) is 0 Å². The number of rotatable bonds is 3. The van der Waals surface area contributed by atoms with Gasteiger partial charge in [0.05, 0.1) is 18.1 Å². The molecule has 1 saturated heterocycles. The van der Waals surface area contributed by atoms with Gasteiger partial charge in [-0.3, -0.25) is 4.79 Å². The predicted octanol–water partition coefficient (Wildman–Crippen LogP) is 0.997. The van der Waals surface area contributed by atoms with Gasteiger partial charge in [-0.1, -0.05) is 0 Å². The first-order valence-electron chi connectivity index (χ1n) is 5.82. The van der Waals surface area contributed by atoms with Gasteiger partial charge in [-0.15, -0.1) is 0 Å². The van der Waals surface area contributed by atoms with Crippen LogP contribution < -0.4 is 5.73 Å². The molecule has 0 spiro atoms. The highest BCUT2D eigenvalue weighted by Gasteiger charge is 2.43. The average Bonchev–Trinajstić information content (AvgIpc) is 2.66. The largest absolute Gasteiger partial charge is 0.379 e. The van der Waals surface area contributed by atoms with Gasteiger partial charge in [0.25, 0.3) is 0 Å². The molecule has 16 heavy (non-hydrogen) atoms. The number of carbonyl (C=O) groups is 1. The molecule has 1 aliphatic rings. The zero-order chi connectivity index (χ0) is 12.6. The number of ether oxygens (including phenoxy) is 1. The van der Waals surface area contributed by atoms with Crippen LogP contribution in [0.25, 0.3) is 0 Å². The van der Waals surface area contributed by atoms with E-state index in [0.29, 0.717) is 6.61 Å². The SMILES string of the molecule is CN(C(=O)C(C)(C)C(C)(C)N)C1CCOC1. The Morgan fingerprint density at radius 3 is 2.31 bits per heavy atom. The summed E-state index contributed by atoms with van der Waals surface area (Å²) in [6.45, 7) is 8.98. The number of likely N-dealkylation sites (N-methyl/N-ethyl adjacent to an activating group) is 1. The molecule has 4 nitrogen and oxygen atoms in total. The van der Waals surface area contributed by atoms with E-state index in [2.05, 4.69) is 0 Å². The van der Waals surface area contributed by atoms with Crippen LogP contribution in [0.5, 0.6) is 0 Å². The Morgan fingerprint density at radius 2 is 1.94 bits per heavy atom. The minimum absolute atomic E-state index is 0.0931. The molecular weight excluding hydrogens is 204 g/mol. The first-order chi connectivity index (χ1) is 7.18. The quantitative estimate of drug-likeness (QED) is 0.784. The van der Waals surface area contributed by atoms with Crippen molar-refractivity contribution in [3.63, 3.8) is 0 Å². The molecule has 0 aromatic rings. The average molecular weight is 228 g/mol. The first-order valence-corrected chi connectivity index (χ1v) is 5.82. The maximum Gasteiger partial charge on any atom is 0.230 e. The molecule has 4 heteroatoms. The van der Waals surface area contributed by atoms with Gasteiger partial charge in [-0.25, -0.2) is 0 Å². The number of amides is 1. The van der Waals surface area contributed by atoms with Crippen molar-refractivity contribution in [3.05, 3.63) is 0 Å². The monoisotopic (exact) mass is 228 g/mol. The second kappa shape index (κ2) is 4.34. The van der Waals surface area contributed by atoms with E-state index in [9.17, 15) is 4.79 Å². The third-order valence-corrected chi connectivity index (χ3v) is 3.92. The fourth-order valence-corrected chi connectivity index (χ4v) is 1.71. The van der Waals surface area contributed by atoms with Gasteiger partial charge in [0, 0.05) is 19.2 Å². The second-order valence-electron chi connectivity index (χ2n) is 5.78. The lowest BCUT2D eigenvalue weighted by Crippen LogP contribution is -2.57. The molecule has 1 aliphatic heterocycles. The van der Waals surface area contributed by atoms with Gasteiger partial charge in [0.2, 0.25) is 5.91 Å². The highest BCUT2D eigenvalue weighted by atomic mass is 16.5. The third kappa shape index (κ3) is 2.38. The molecule has 1 rings (SSSR count). The molecule has 1 heterocycles. The molecular formula is C12H24N2O2. The summed E-state index contributed by atoms with van der Waals surface area (Å²) in [5, 5.41) is 0. The maximum atomic E-state index is 12.4. The van der Waals surface area contributed by atoms with Crippen LogP contribution >= 0.6 is 0 Å². The second-order valence-corrected chi connectivity index (χ2v) is 5.78. The number of hydrogen-bond acceptors (Lipinski definition) is 3. The van der Waals surface area contributed by atoms with E-state index in [1.807, 2.05) is 34.7 Å². The first kappa shape index (κ1) is 13.5. The molecule has 0 saturated carbocycles. The molecule has 0 radical (unpaired) electrons. The van der Waals surface area contributed by atoms with Crippen molar-refractivity contribution in [3.8, 4) is 0 Å². The van der Waals surface area contributed by atoms with E-state index >= 15 is 0 Å². The summed E-state index contributed by atoms with van der Waals surface area (Å²) in [5.74, 6) is 0.0931. The Kier molecular flexibility index (Phi) is 3.65. The van der Waals surface area contributed by atoms with Crippen LogP contribution in [-0.4, -0.2) is 42.6 Å². The number of nitrogens with zero attached hydrogens (tertiary/aromatic N) is 1. The highest BCUT2D eigenvalue weighted by molar-refractivity contribution is 5.83. The predicted molar refractivity (Wildman–Crippen MR) is 64.0 cm³/mol. The van der Waals surface area contributed by atoms with E-state index in [1.54, 1.807) is 4.90 Å². The zero-order valence-corrected chi connectivity index (χ0v) is 11.0. The lowest BCUT2D eigenvalue weighted by Gasteiger charge is -2.41. The maximum absolute atomic E-state index is 12.4. The molecule has 1 fully saturated rings. The molecule has 1 unspecified atom stereocenters. The Labute approximate surface area is 98.1 Å². The van der Waals surface area contributed by atoms with Crippen molar-refractivity contribution in [2.45, 2.75) is 45.7 Å². The van der Waals surface area contributed by atoms with Crippen LogP contribution in [0.1, 0.15) is 34.1 Å². The van der Waals surface area contributed by atoms with Crippen LogP contribution in [0.4, 0.5) is 0 Å². The standard InChI is InChI=1S/C12H24N2O2/c1-11(2,12(3,4)13)10(15)14(5)9-6-7-16-8-9/h9H,6-8,13H2,1-5H3. The van der Waals surface area contributed by atoms with Crippen molar-refractivity contribution >= 4 is 5.91 Å². The van der Waals surface area contributed by atoms with Crippen molar-refractivity contribution in [1.29, 1.82) is 0 Å². The van der Waals surface area contributed by atoms with Gasteiger partial charge >= 0.3 is 0 Å². The van der Waals surface area contributed by atoms with Crippen molar-refractivity contribution in [2.24, 2.45) is 11.1 Å². The number of nitrogens with two attached hydrogens (primary N) is 1. The Morgan fingerprint density at radius 1 is 1.38 bits per heavy atom. The Bertz CT molecular complexity index is 263. The van der Waals surface area contributed by atoms with Crippen LogP contribution in [0.2, 0.25) is 0 Å².